The third-order valence-corrected chi connectivity index (χ3v) is 3.19. The summed E-state index contributed by atoms with van der Waals surface area (Å²) in [5.41, 5.74) is 0. The van der Waals surface area contributed by atoms with Crippen molar-refractivity contribution in [2.75, 3.05) is 32.8 Å². The van der Waals surface area contributed by atoms with Crippen LogP contribution in [0.1, 0.15) is 20.3 Å². The number of amides is 1. The van der Waals surface area contributed by atoms with Crippen molar-refractivity contribution < 1.29 is 19.4 Å². The van der Waals surface area contributed by atoms with Gasteiger partial charge in [-0.3, -0.25) is 9.69 Å². The minimum absolute atomic E-state index is 0.265. The van der Waals surface area contributed by atoms with Crippen LogP contribution in [-0.4, -0.2) is 60.8 Å². The molecule has 1 unspecified atom stereocenters. The zero-order valence-electron chi connectivity index (χ0n) is 12.2. The van der Waals surface area contributed by atoms with E-state index in [1.807, 2.05) is 0 Å². The largest absolute Gasteiger partial charge is 0.478 e. The molecule has 1 heterocycles. The van der Waals surface area contributed by atoms with Crippen molar-refractivity contribution >= 4 is 11.9 Å². The molecule has 0 saturated carbocycles. The number of nitrogens with zero attached hydrogens (tertiary/aromatic N) is 1. The molecule has 0 aliphatic carbocycles. The second-order valence-corrected chi connectivity index (χ2v) is 5.35. The number of carbonyl (C=O) groups excluding carboxylic acids is 1. The molecule has 0 bridgehead atoms. The zero-order valence-corrected chi connectivity index (χ0v) is 12.2. The van der Waals surface area contributed by atoms with Gasteiger partial charge in [-0.15, -0.1) is 0 Å². The van der Waals surface area contributed by atoms with Crippen LogP contribution in [0.25, 0.3) is 0 Å². The normalized spacial score (nSPS) is 18.4. The summed E-state index contributed by atoms with van der Waals surface area (Å²) in [6.45, 7) is 8.03. The number of hydrogen-bond acceptors (Lipinski definition) is 4. The summed E-state index contributed by atoms with van der Waals surface area (Å²) >= 11 is 0. The van der Waals surface area contributed by atoms with Gasteiger partial charge in [0, 0.05) is 37.8 Å². The van der Waals surface area contributed by atoms with Gasteiger partial charge in [-0.25, -0.2) is 4.79 Å². The van der Waals surface area contributed by atoms with E-state index in [4.69, 9.17) is 9.84 Å². The summed E-state index contributed by atoms with van der Waals surface area (Å²) in [7, 11) is 0. The fourth-order valence-corrected chi connectivity index (χ4v) is 2.27. The molecule has 1 aliphatic heterocycles. The molecule has 1 fully saturated rings. The van der Waals surface area contributed by atoms with Crippen LogP contribution >= 0.6 is 0 Å². The Morgan fingerprint density at radius 1 is 1.30 bits per heavy atom. The lowest BCUT2D eigenvalue weighted by Gasteiger charge is -2.35. The van der Waals surface area contributed by atoms with E-state index >= 15 is 0 Å². The fraction of sp³-hybridized carbons (Fsp3) is 0.714. The van der Waals surface area contributed by atoms with Gasteiger partial charge >= 0.3 is 5.97 Å². The Morgan fingerprint density at radius 2 is 1.95 bits per heavy atom. The van der Waals surface area contributed by atoms with Crippen LogP contribution in [0.5, 0.6) is 0 Å². The van der Waals surface area contributed by atoms with Crippen molar-refractivity contribution in [2.45, 2.75) is 26.3 Å². The van der Waals surface area contributed by atoms with Crippen molar-refractivity contribution in [2.24, 2.45) is 5.92 Å². The number of morpholine rings is 1. The fourth-order valence-electron chi connectivity index (χ4n) is 2.27. The summed E-state index contributed by atoms with van der Waals surface area (Å²) in [4.78, 5) is 24.2. The molecule has 1 amide bonds. The average Bonchev–Trinajstić information content (AvgIpc) is 2.41. The number of carboxylic acids is 1. The summed E-state index contributed by atoms with van der Waals surface area (Å²) in [5.74, 6) is -0.948. The van der Waals surface area contributed by atoms with Crippen molar-refractivity contribution in [1.82, 2.24) is 10.2 Å². The Balaban J connectivity index is 2.47. The van der Waals surface area contributed by atoms with Gasteiger partial charge < -0.3 is 15.2 Å². The lowest BCUT2D eigenvalue weighted by Crippen LogP contribution is -2.49. The molecule has 0 aromatic rings. The number of nitrogens with one attached hydrogen (secondary N) is 1. The lowest BCUT2D eigenvalue weighted by molar-refractivity contribution is -0.131. The number of carbonyl (C=O) groups is 2. The second-order valence-electron chi connectivity index (χ2n) is 5.35. The second kappa shape index (κ2) is 8.71. The highest BCUT2D eigenvalue weighted by atomic mass is 16.5. The van der Waals surface area contributed by atoms with Gasteiger partial charge in [0.05, 0.1) is 13.2 Å². The maximum absolute atomic E-state index is 11.5. The van der Waals surface area contributed by atoms with E-state index in [2.05, 4.69) is 24.1 Å². The quantitative estimate of drug-likeness (QED) is 0.665. The maximum Gasteiger partial charge on any atom is 0.328 e. The SMILES string of the molecule is CC(C)CC(CNC(=O)/C=C/C(=O)O)N1CCOCC1. The molecule has 1 atom stereocenters. The van der Waals surface area contributed by atoms with Crippen molar-refractivity contribution in [3.05, 3.63) is 12.2 Å². The third kappa shape index (κ3) is 6.68. The Bertz CT molecular complexity index is 349. The lowest BCUT2D eigenvalue weighted by atomic mass is 10.0. The molecule has 1 saturated heterocycles. The van der Waals surface area contributed by atoms with E-state index in [1.165, 1.54) is 0 Å². The smallest absolute Gasteiger partial charge is 0.328 e. The number of hydrogen-bond donors (Lipinski definition) is 2. The van der Waals surface area contributed by atoms with Crippen molar-refractivity contribution in [3.8, 4) is 0 Å². The van der Waals surface area contributed by atoms with E-state index in [1.54, 1.807) is 0 Å². The minimum atomic E-state index is -1.12. The summed E-state index contributed by atoms with van der Waals surface area (Å²) in [6.07, 6.45) is 2.89. The highest BCUT2D eigenvalue weighted by molar-refractivity contribution is 5.93. The molecule has 0 aromatic carbocycles. The Kier molecular flexibility index (Phi) is 7.25. The van der Waals surface area contributed by atoms with Crippen LogP contribution in [0.3, 0.4) is 0 Å². The minimum Gasteiger partial charge on any atom is -0.478 e. The molecule has 6 nitrogen and oxygen atoms in total. The molecule has 20 heavy (non-hydrogen) atoms. The molecule has 114 valence electrons. The topological polar surface area (TPSA) is 78.9 Å². The van der Waals surface area contributed by atoms with E-state index in [0.717, 1.165) is 44.9 Å². The first-order valence-corrected chi connectivity index (χ1v) is 6.99. The van der Waals surface area contributed by atoms with E-state index in [-0.39, 0.29) is 11.9 Å². The molecule has 0 aromatic heterocycles. The molecule has 0 radical (unpaired) electrons. The monoisotopic (exact) mass is 284 g/mol. The molecule has 6 heteroatoms. The Morgan fingerprint density at radius 3 is 2.50 bits per heavy atom. The van der Waals surface area contributed by atoms with E-state index < -0.39 is 5.97 Å². The van der Waals surface area contributed by atoms with Crippen LogP contribution in [0.4, 0.5) is 0 Å². The van der Waals surface area contributed by atoms with Crippen LogP contribution in [-0.2, 0) is 14.3 Å². The highest BCUT2D eigenvalue weighted by Crippen LogP contribution is 2.12. The van der Waals surface area contributed by atoms with Gasteiger partial charge in [0.15, 0.2) is 0 Å². The number of carboxylic acid groups (broad SMARTS) is 1. The maximum atomic E-state index is 11.5. The number of rotatable bonds is 7. The van der Waals surface area contributed by atoms with Crippen LogP contribution in [0.2, 0.25) is 0 Å². The molecule has 0 spiro atoms. The zero-order chi connectivity index (χ0) is 15.0. The van der Waals surface area contributed by atoms with E-state index in [9.17, 15) is 9.59 Å². The summed E-state index contributed by atoms with van der Waals surface area (Å²) < 4.78 is 5.34. The van der Waals surface area contributed by atoms with Crippen LogP contribution < -0.4 is 5.32 Å². The number of aliphatic carboxylic acids is 1. The third-order valence-electron chi connectivity index (χ3n) is 3.19. The predicted octanol–water partition coefficient (Wildman–Crippen LogP) is 0.490. The first-order chi connectivity index (χ1) is 9.49. The first-order valence-electron chi connectivity index (χ1n) is 6.99. The standard InChI is InChI=1S/C14H24N2O4/c1-11(2)9-12(16-5-7-20-8-6-16)10-15-13(17)3-4-14(18)19/h3-4,11-12H,5-10H2,1-2H3,(H,15,17)(H,18,19)/b4-3+. The highest BCUT2D eigenvalue weighted by Gasteiger charge is 2.22. The first kappa shape index (κ1) is 16.7. The molecule has 2 N–H and O–H groups in total. The van der Waals surface area contributed by atoms with Crippen LogP contribution in [0, 0.1) is 5.92 Å². The Labute approximate surface area is 119 Å². The average molecular weight is 284 g/mol. The summed E-state index contributed by atoms with van der Waals surface area (Å²) in [5, 5.41) is 11.2. The van der Waals surface area contributed by atoms with Gasteiger partial charge in [-0.1, -0.05) is 13.8 Å². The van der Waals surface area contributed by atoms with Gasteiger partial charge in [0.25, 0.3) is 0 Å². The van der Waals surface area contributed by atoms with Gasteiger partial charge in [-0.05, 0) is 12.3 Å². The predicted molar refractivity (Wildman–Crippen MR) is 75.4 cm³/mol. The van der Waals surface area contributed by atoms with Crippen LogP contribution in [0.15, 0.2) is 12.2 Å². The van der Waals surface area contributed by atoms with Crippen molar-refractivity contribution in [1.29, 1.82) is 0 Å². The van der Waals surface area contributed by atoms with Gasteiger partial charge in [0.2, 0.25) is 5.91 Å². The molecule has 1 aliphatic rings. The summed E-state index contributed by atoms with van der Waals surface area (Å²) in [6, 6.07) is 0.265. The molecular formula is C14H24N2O4. The van der Waals surface area contributed by atoms with E-state index in [0.29, 0.717) is 12.5 Å². The van der Waals surface area contributed by atoms with Gasteiger partial charge in [0.1, 0.15) is 0 Å². The molecular weight excluding hydrogens is 260 g/mol. The Hall–Kier alpha value is -1.40. The molecule has 1 rings (SSSR count). The number of ether oxygens (including phenoxy) is 1. The van der Waals surface area contributed by atoms with Crippen molar-refractivity contribution in [3.63, 3.8) is 0 Å². The van der Waals surface area contributed by atoms with Gasteiger partial charge in [-0.2, -0.15) is 0 Å².